The number of amides is 1. The van der Waals surface area contributed by atoms with E-state index in [1.54, 1.807) is 31.3 Å². The van der Waals surface area contributed by atoms with Crippen molar-refractivity contribution in [3.63, 3.8) is 0 Å². The number of rotatable bonds is 5. The van der Waals surface area contributed by atoms with Gasteiger partial charge in [0.1, 0.15) is 11.3 Å². The number of H-pyrrole nitrogens is 1. The summed E-state index contributed by atoms with van der Waals surface area (Å²) in [5.41, 5.74) is 1.92. The van der Waals surface area contributed by atoms with E-state index in [2.05, 4.69) is 25.4 Å². The van der Waals surface area contributed by atoms with E-state index in [0.717, 1.165) is 5.52 Å². The van der Waals surface area contributed by atoms with Gasteiger partial charge in [-0.3, -0.25) is 9.78 Å². The topological polar surface area (TPSA) is 134 Å². The van der Waals surface area contributed by atoms with Crippen molar-refractivity contribution in [1.29, 1.82) is 0 Å². The molecule has 9 nitrogen and oxygen atoms in total. The van der Waals surface area contributed by atoms with E-state index in [9.17, 15) is 14.7 Å². The second-order valence-corrected chi connectivity index (χ2v) is 6.11. The number of hydrogen-bond acceptors (Lipinski definition) is 6. The molecule has 0 aliphatic carbocycles. The first-order chi connectivity index (χ1) is 13.5. The molecule has 0 aliphatic rings. The lowest BCUT2D eigenvalue weighted by atomic mass is 10.0. The predicted molar refractivity (Wildman–Crippen MR) is 98.7 cm³/mol. The summed E-state index contributed by atoms with van der Waals surface area (Å²) >= 11 is 0. The van der Waals surface area contributed by atoms with Crippen LogP contribution in [-0.2, 0) is 0 Å². The van der Waals surface area contributed by atoms with Crippen LogP contribution in [0, 0.1) is 0 Å². The number of benzene rings is 1. The SMILES string of the molecule is C[C@@H](NC(=O)c1nc2ccccc2[nH]1)c1onc(-c2cccnc2)c1C(=O)O. The van der Waals surface area contributed by atoms with Gasteiger partial charge in [0.05, 0.1) is 17.1 Å². The Morgan fingerprint density at radius 2 is 2.04 bits per heavy atom. The Morgan fingerprint density at radius 3 is 2.75 bits per heavy atom. The summed E-state index contributed by atoms with van der Waals surface area (Å²) in [6.07, 6.45) is 3.06. The molecule has 0 radical (unpaired) electrons. The van der Waals surface area contributed by atoms with Crippen LogP contribution in [0.2, 0.25) is 0 Å². The molecule has 1 amide bonds. The third-order valence-electron chi connectivity index (χ3n) is 4.21. The maximum absolute atomic E-state index is 12.5. The fraction of sp³-hybridized carbons (Fsp3) is 0.105. The number of nitrogens with zero attached hydrogens (tertiary/aromatic N) is 3. The molecule has 3 N–H and O–H groups in total. The van der Waals surface area contributed by atoms with Crippen molar-refractivity contribution in [2.45, 2.75) is 13.0 Å². The van der Waals surface area contributed by atoms with Crippen LogP contribution in [0.1, 0.15) is 39.7 Å². The Labute approximate surface area is 158 Å². The molecule has 1 aromatic carbocycles. The maximum atomic E-state index is 12.5. The van der Waals surface area contributed by atoms with E-state index in [1.807, 2.05) is 18.2 Å². The van der Waals surface area contributed by atoms with Crippen molar-refractivity contribution in [2.24, 2.45) is 0 Å². The number of aromatic amines is 1. The van der Waals surface area contributed by atoms with Gasteiger partial charge < -0.3 is 19.9 Å². The first-order valence-electron chi connectivity index (χ1n) is 8.43. The van der Waals surface area contributed by atoms with Gasteiger partial charge in [0.25, 0.3) is 5.91 Å². The fourth-order valence-electron chi connectivity index (χ4n) is 2.90. The van der Waals surface area contributed by atoms with Crippen molar-refractivity contribution < 1.29 is 19.2 Å². The summed E-state index contributed by atoms with van der Waals surface area (Å²) < 4.78 is 5.27. The molecule has 28 heavy (non-hydrogen) atoms. The van der Waals surface area contributed by atoms with E-state index in [-0.39, 0.29) is 22.8 Å². The molecular weight excluding hydrogens is 362 g/mol. The van der Waals surface area contributed by atoms with E-state index >= 15 is 0 Å². The van der Waals surface area contributed by atoms with E-state index in [4.69, 9.17) is 4.52 Å². The highest BCUT2D eigenvalue weighted by Crippen LogP contribution is 2.28. The van der Waals surface area contributed by atoms with Gasteiger partial charge in [0.2, 0.25) is 0 Å². The number of carboxylic acid groups (broad SMARTS) is 1. The largest absolute Gasteiger partial charge is 0.477 e. The summed E-state index contributed by atoms with van der Waals surface area (Å²) in [5, 5.41) is 16.2. The van der Waals surface area contributed by atoms with Crippen LogP contribution in [0.25, 0.3) is 22.3 Å². The standard InChI is InChI=1S/C19H15N5O4/c1-10(21-18(25)17-22-12-6-2-3-7-13(12)23-17)16-14(19(26)27)15(24-28-16)11-5-4-8-20-9-11/h2-10H,1H3,(H,21,25)(H,22,23)(H,26,27)/t10-/m1/s1. The highest BCUT2D eigenvalue weighted by molar-refractivity contribution is 5.97. The van der Waals surface area contributed by atoms with Crippen LogP contribution in [0.3, 0.4) is 0 Å². The number of aromatic nitrogens is 4. The molecule has 9 heteroatoms. The highest BCUT2D eigenvalue weighted by atomic mass is 16.5. The zero-order valence-electron chi connectivity index (χ0n) is 14.7. The van der Waals surface area contributed by atoms with Crippen molar-refractivity contribution in [3.8, 4) is 11.3 Å². The first kappa shape index (κ1) is 17.4. The van der Waals surface area contributed by atoms with Gasteiger partial charge in [-0.15, -0.1) is 0 Å². The maximum Gasteiger partial charge on any atom is 0.341 e. The molecule has 0 saturated carbocycles. The number of para-hydroxylation sites is 2. The van der Waals surface area contributed by atoms with Gasteiger partial charge in [0.15, 0.2) is 11.6 Å². The molecule has 140 valence electrons. The normalized spacial score (nSPS) is 12.0. The second kappa shape index (κ2) is 6.95. The number of carbonyl (C=O) groups is 2. The smallest absolute Gasteiger partial charge is 0.341 e. The molecule has 0 bridgehead atoms. The van der Waals surface area contributed by atoms with Crippen LogP contribution in [0.15, 0.2) is 53.3 Å². The van der Waals surface area contributed by atoms with Gasteiger partial charge >= 0.3 is 5.97 Å². The Balaban J connectivity index is 1.62. The van der Waals surface area contributed by atoms with Gasteiger partial charge in [0, 0.05) is 18.0 Å². The molecule has 3 aromatic heterocycles. The van der Waals surface area contributed by atoms with Crippen molar-refractivity contribution in [3.05, 3.63) is 65.9 Å². The van der Waals surface area contributed by atoms with Crippen LogP contribution in [-0.4, -0.2) is 37.1 Å². The lowest BCUT2D eigenvalue weighted by Crippen LogP contribution is -2.28. The number of imidazole rings is 1. The van der Waals surface area contributed by atoms with E-state index in [0.29, 0.717) is 11.1 Å². The number of nitrogens with one attached hydrogen (secondary N) is 2. The molecule has 0 spiro atoms. The second-order valence-electron chi connectivity index (χ2n) is 6.11. The van der Waals surface area contributed by atoms with Crippen LogP contribution >= 0.6 is 0 Å². The monoisotopic (exact) mass is 377 g/mol. The Morgan fingerprint density at radius 1 is 1.21 bits per heavy atom. The molecule has 3 heterocycles. The minimum Gasteiger partial charge on any atom is -0.477 e. The Kier molecular flexibility index (Phi) is 4.32. The third kappa shape index (κ3) is 3.09. The summed E-state index contributed by atoms with van der Waals surface area (Å²) in [4.78, 5) is 35.5. The van der Waals surface area contributed by atoms with E-state index in [1.165, 1.54) is 6.20 Å². The molecule has 0 unspecified atom stereocenters. The number of hydrogen-bond donors (Lipinski definition) is 3. The number of carboxylic acids is 1. The summed E-state index contributed by atoms with van der Waals surface area (Å²) in [6.45, 7) is 1.61. The summed E-state index contributed by atoms with van der Waals surface area (Å²) in [7, 11) is 0. The van der Waals surface area contributed by atoms with Crippen LogP contribution in [0.4, 0.5) is 0 Å². The molecule has 1 atom stereocenters. The minimum atomic E-state index is -1.21. The fourth-order valence-corrected chi connectivity index (χ4v) is 2.90. The average Bonchev–Trinajstić information content (AvgIpc) is 3.33. The summed E-state index contributed by atoms with van der Waals surface area (Å²) in [6, 6.07) is 9.84. The number of pyridine rings is 1. The zero-order chi connectivity index (χ0) is 19.7. The van der Waals surface area contributed by atoms with Gasteiger partial charge in [-0.2, -0.15) is 0 Å². The number of fused-ring (bicyclic) bond motifs is 1. The molecule has 4 rings (SSSR count). The zero-order valence-corrected chi connectivity index (χ0v) is 14.7. The quantitative estimate of drug-likeness (QED) is 0.487. The summed E-state index contributed by atoms with van der Waals surface area (Å²) in [5.74, 6) is -1.54. The number of aromatic carboxylic acids is 1. The van der Waals surface area contributed by atoms with Crippen molar-refractivity contribution in [1.82, 2.24) is 25.4 Å². The van der Waals surface area contributed by atoms with Crippen LogP contribution in [0.5, 0.6) is 0 Å². The molecule has 0 aliphatic heterocycles. The van der Waals surface area contributed by atoms with Gasteiger partial charge in [-0.1, -0.05) is 17.3 Å². The number of carbonyl (C=O) groups excluding carboxylic acids is 1. The highest BCUT2D eigenvalue weighted by Gasteiger charge is 2.28. The lowest BCUT2D eigenvalue weighted by molar-refractivity contribution is 0.0692. The lowest BCUT2D eigenvalue weighted by Gasteiger charge is -2.10. The molecule has 4 aromatic rings. The molecule has 0 saturated heterocycles. The molecular formula is C19H15N5O4. The van der Waals surface area contributed by atoms with Crippen molar-refractivity contribution >= 4 is 22.9 Å². The van der Waals surface area contributed by atoms with E-state index < -0.39 is 17.9 Å². The van der Waals surface area contributed by atoms with Gasteiger partial charge in [-0.05, 0) is 31.2 Å². The third-order valence-corrected chi connectivity index (χ3v) is 4.21. The average molecular weight is 377 g/mol. The Hall–Kier alpha value is -4.01. The Bertz CT molecular complexity index is 1130. The first-order valence-corrected chi connectivity index (χ1v) is 8.43. The molecule has 0 fully saturated rings. The van der Waals surface area contributed by atoms with Crippen LogP contribution < -0.4 is 5.32 Å². The minimum absolute atomic E-state index is 0.0378. The van der Waals surface area contributed by atoms with Gasteiger partial charge in [-0.25, -0.2) is 9.78 Å². The van der Waals surface area contributed by atoms with Crippen molar-refractivity contribution in [2.75, 3.05) is 0 Å². The predicted octanol–water partition coefficient (Wildman–Crippen LogP) is 2.80.